The minimum atomic E-state index is -0.109. The Morgan fingerprint density at radius 2 is 1.64 bits per heavy atom. The molecule has 0 spiro atoms. The van der Waals surface area contributed by atoms with E-state index in [1.54, 1.807) is 0 Å². The molecule has 3 aromatic rings. The smallest absolute Gasteiger partial charge is 0.123 e. The Kier molecular flexibility index (Phi) is 6.31. The van der Waals surface area contributed by atoms with Crippen molar-refractivity contribution in [2.45, 2.75) is 39.7 Å². The van der Waals surface area contributed by atoms with Gasteiger partial charge in [-0.1, -0.05) is 62.7 Å². The predicted octanol–water partition coefficient (Wildman–Crippen LogP) is 5.14. The van der Waals surface area contributed by atoms with Crippen molar-refractivity contribution in [3.63, 3.8) is 0 Å². The molecule has 0 saturated heterocycles. The molecule has 0 heterocycles. The summed E-state index contributed by atoms with van der Waals surface area (Å²) in [6.45, 7) is 8.39. The van der Waals surface area contributed by atoms with Crippen LogP contribution in [0.15, 0.2) is 71.7 Å². The summed E-state index contributed by atoms with van der Waals surface area (Å²) in [6, 6.07) is 22.8. The van der Waals surface area contributed by atoms with Crippen LogP contribution in [-0.2, 0) is 6.42 Å². The Morgan fingerprint density at radius 3 is 2.36 bits per heavy atom. The molecule has 2 nitrogen and oxygen atoms in total. The van der Waals surface area contributed by atoms with E-state index < -0.39 is 0 Å². The first-order valence-electron chi connectivity index (χ1n) is 9.59. The highest BCUT2D eigenvalue weighted by Gasteiger charge is 2.10. The number of aryl methyl sites for hydroxylation is 1. The van der Waals surface area contributed by atoms with Gasteiger partial charge in [-0.15, -0.1) is 0 Å². The van der Waals surface area contributed by atoms with Crippen molar-refractivity contribution in [3.05, 3.63) is 89.0 Å². The fourth-order valence-corrected chi connectivity index (χ4v) is 4.14. The molecule has 0 aliphatic carbocycles. The van der Waals surface area contributed by atoms with E-state index in [9.17, 15) is 5.11 Å². The van der Waals surface area contributed by atoms with Gasteiger partial charge in [-0.05, 0) is 68.7 Å². The summed E-state index contributed by atoms with van der Waals surface area (Å²) in [5.41, 5.74) is 4.72. The topological polar surface area (TPSA) is 32.6 Å². The molecule has 1 N–H and O–H groups in total. The average molecular weight is 389 g/mol. The molecule has 1 unspecified atom stereocenters. The van der Waals surface area contributed by atoms with Gasteiger partial charge in [0.1, 0.15) is 5.75 Å². The van der Waals surface area contributed by atoms with E-state index in [0.29, 0.717) is 14.3 Å². The second kappa shape index (κ2) is 8.71. The first-order chi connectivity index (χ1) is 13.3. The summed E-state index contributed by atoms with van der Waals surface area (Å²) in [6.07, 6.45) is 2.84. The molecule has 0 bridgehead atoms. The van der Waals surface area contributed by atoms with E-state index in [4.69, 9.17) is 0 Å². The number of aliphatic imine (C=N–C) groups is 1. The van der Waals surface area contributed by atoms with Crippen LogP contribution in [0.25, 0.3) is 0 Å². The molecule has 0 aliphatic rings. The summed E-state index contributed by atoms with van der Waals surface area (Å²) in [4.78, 5) is 4.68. The minimum Gasteiger partial charge on any atom is -0.507 e. The lowest BCUT2D eigenvalue weighted by Gasteiger charge is -2.14. The predicted molar refractivity (Wildman–Crippen MR) is 123 cm³/mol. The molecule has 0 radical (unpaired) electrons. The van der Waals surface area contributed by atoms with Crippen molar-refractivity contribution in [2.24, 2.45) is 4.99 Å². The lowest BCUT2D eigenvalue weighted by molar-refractivity contribution is 0.479. The van der Waals surface area contributed by atoms with E-state index in [1.165, 1.54) is 22.0 Å². The summed E-state index contributed by atoms with van der Waals surface area (Å²) in [5.74, 6) is 0.356. The van der Waals surface area contributed by atoms with E-state index in [1.807, 2.05) is 24.4 Å². The maximum atomic E-state index is 10.4. The van der Waals surface area contributed by atoms with Crippen molar-refractivity contribution in [3.8, 4) is 5.75 Å². The SMILES string of the molecule is Cc1ccc(Pc2cc(Cc3ccccc3)ccc2O)c(C=NC(C)(C)C)c1. The number of phenols is 1. The maximum Gasteiger partial charge on any atom is 0.123 e. The monoisotopic (exact) mass is 389 g/mol. The van der Waals surface area contributed by atoms with Crippen molar-refractivity contribution < 1.29 is 5.11 Å². The molecule has 0 aliphatic heterocycles. The fraction of sp³-hybridized carbons (Fsp3) is 0.240. The zero-order chi connectivity index (χ0) is 20.1. The molecule has 0 fully saturated rings. The second-order valence-corrected chi connectivity index (χ2v) is 9.49. The number of nitrogens with zero attached hydrogens (tertiary/aromatic N) is 1. The van der Waals surface area contributed by atoms with Gasteiger partial charge in [0, 0.05) is 17.1 Å². The van der Waals surface area contributed by atoms with Crippen LogP contribution in [0.4, 0.5) is 0 Å². The van der Waals surface area contributed by atoms with Crippen LogP contribution in [-0.4, -0.2) is 16.9 Å². The van der Waals surface area contributed by atoms with Crippen LogP contribution in [0.2, 0.25) is 0 Å². The first kappa shape index (κ1) is 20.3. The lowest BCUT2D eigenvalue weighted by Crippen LogP contribution is -2.14. The largest absolute Gasteiger partial charge is 0.507 e. The standard InChI is InChI=1S/C25H28NOP/c1-18-10-13-23(21(14-18)17-26-25(2,3)4)28-24-16-20(11-12-22(24)27)15-19-8-6-5-7-9-19/h5-14,16-17,27-28H,15H2,1-4H3. The van der Waals surface area contributed by atoms with Gasteiger partial charge < -0.3 is 5.11 Å². The fourth-order valence-electron chi connectivity index (χ4n) is 2.94. The van der Waals surface area contributed by atoms with Crippen LogP contribution >= 0.6 is 8.58 Å². The third-order valence-corrected chi connectivity index (χ3v) is 5.77. The summed E-state index contributed by atoms with van der Waals surface area (Å²) in [7, 11) is 0.380. The zero-order valence-corrected chi connectivity index (χ0v) is 18.0. The molecular formula is C25H28NOP. The van der Waals surface area contributed by atoms with Crippen LogP contribution in [0, 0.1) is 6.92 Å². The molecule has 3 aromatic carbocycles. The third-order valence-electron chi connectivity index (χ3n) is 4.38. The summed E-state index contributed by atoms with van der Waals surface area (Å²) in [5, 5.41) is 12.6. The number of aromatic hydroxyl groups is 1. The minimum absolute atomic E-state index is 0.109. The molecule has 28 heavy (non-hydrogen) atoms. The molecule has 1 atom stereocenters. The van der Waals surface area contributed by atoms with Crippen molar-refractivity contribution >= 4 is 25.4 Å². The van der Waals surface area contributed by atoms with Gasteiger partial charge in [-0.25, -0.2) is 0 Å². The van der Waals surface area contributed by atoms with Gasteiger partial charge in [-0.3, -0.25) is 4.99 Å². The molecule has 3 rings (SSSR count). The summed E-state index contributed by atoms with van der Waals surface area (Å²) < 4.78 is 0. The Balaban J connectivity index is 1.89. The van der Waals surface area contributed by atoms with Crippen LogP contribution in [0.3, 0.4) is 0 Å². The van der Waals surface area contributed by atoms with Crippen molar-refractivity contribution in [1.82, 2.24) is 0 Å². The van der Waals surface area contributed by atoms with Gasteiger partial charge in [0.05, 0.1) is 5.54 Å². The highest BCUT2D eigenvalue weighted by Crippen LogP contribution is 2.23. The van der Waals surface area contributed by atoms with Gasteiger partial charge >= 0.3 is 0 Å². The van der Waals surface area contributed by atoms with E-state index in [0.717, 1.165) is 17.3 Å². The normalized spacial score (nSPS) is 12.3. The second-order valence-electron chi connectivity index (χ2n) is 8.16. The zero-order valence-electron chi connectivity index (χ0n) is 17.0. The average Bonchev–Trinajstić information content (AvgIpc) is 2.65. The van der Waals surface area contributed by atoms with E-state index in [2.05, 4.69) is 81.2 Å². The number of benzene rings is 3. The highest BCUT2D eigenvalue weighted by atomic mass is 31.1. The van der Waals surface area contributed by atoms with Gasteiger partial charge in [0.25, 0.3) is 0 Å². The number of phenolic OH excluding ortho intramolecular Hbond substituents is 1. The third kappa shape index (κ3) is 5.78. The molecule has 0 aromatic heterocycles. The molecule has 0 saturated carbocycles. The molecular weight excluding hydrogens is 361 g/mol. The Bertz CT molecular complexity index is 972. The number of hydrogen-bond donors (Lipinski definition) is 1. The highest BCUT2D eigenvalue weighted by molar-refractivity contribution is 7.56. The maximum absolute atomic E-state index is 10.4. The molecule has 144 valence electrons. The van der Waals surface area contributed by atoms with Gasteiger partial charge in [-0.2, -0.15) is 0 Å². The Morgan fingerprint density at radius 1 is 0.893 bits per heavy atom. The van der Waals surface area contributed by atoms with Crippen molar-refractivity contribution in [1.29, 1.82) is 0 Å². The molecule has 3 heteroatoms. The number of hydrogen-bond acceptors (Lipinski definition) is 2. The summed E-state index contributed by atoms with van der Waals surface area (Å²) >= 11 is 0. The van der Waals surface area contributed by atoms with Crippen LogP contribution in [0.1, 0.15) is 43.0 Å². The first-order valence-corrected chi connectivity index (χ1v) is 10.6. The van der Waals surface area contributed by atoms with Crippen LogP contribution < -0.4 is 10.6 Å². The van der Waals surface area contributed by atoms with E-state index >= 15 is 0 Å². The Hall–Kier alpha value is -2.44. The number of rotatable bonds is 5. The Labute approximate surface area is 170 Å². The van der Waals surface area contributed by atoms with Crippen molar-refractivity contribution in [2.75, 3.05) is 0 Å². The van der Waals surface area contributed by atoms with Gasteiger partial charge in [0.2, 0.25) is 0 Å². The molecule has 0 amide bonds. The van der Waals surface area contributed by atoms with Gasteiger partial charge in [0.15, 0.2) is 0 Å². The lowest BCUT2D eigenvalue weighted by atomic mass is 10.1. The van der Waals surface area contributed by atoms with Crippen LogP contribution in [0.5, 0.6) is 5.75 Å². The quantitative estimate of drug-likeness (QED) is 0.476. The van der Waals surface area contributed by atoms with E-state index in [-0.39, 0.29) is 5.54 Å².